The Labute approximate surface area is 240 Å². The lowest BCUT2D eigenvalue weighted by Crippen LogP contribution is -2.16. The van der Waals surface area contributed by atoms with Gasteiger partial charge in [-0.25, -0.2) is 0 Å². The van der Waals surface area contributed by atoms with Crippen LogP contribution in [0.25, 0.3) is 38.6 Å². The summed E-state index contributed by atoms with van der Waals surface area (Å²) in [7, 11) is 0. The van der Waals surface area contributed by atoms with Gasteiger partial charge in [-0.05, 0) is 83.1 Å². The maximum absolute atomic E-state index is 6.51. The van der Waals surface area contributed by atoms with E-state index in [1.807, 2.05) is 6.07 Å². The van der Waals surface area contributed by atoms with Crippen molar-refractivity contribution in [3.8, 4) is 11.1 Å². The Morgan fingerprint density at radius 2 is 1.46 bits per heavy atom. The highest BCUT2D eigenvalue weighted by Crippen LogP contribution is 2.54. The zero-order valence-corrected chi connectivity index (χ0v) is 23.4. The van der Waals surface area contributed by atoms with E-state index in [2.05, 4.69) is 140 Å². The van der Waals surface area contributed by atoms with Crippen molar-refractivity contribution >= 4 is 44.6 Å². The van der Waals surface area contributed by atoms with Crippen LogP contribution in [0.2, 0.25) is 0 Å². The molecule has 0 aliphatic heterocycles. The van der Waals surface area contributed by atoms with E-state index in [-0.39, 0.29) is 5.41 Å². The number of allylic oxidation sites excluding steroid dienone is 4. The molecule has 0 amide bonds. The summed E-state index contributed by atoms with van der Waals surface area (Å²) >= 11 is 0. The number of rotatable bonds is 4. The molecular formula is C39H31NO. The largest absolute Gasteiger partial charge is 0.455 e. The molecule has 6 aromatic rings. The van der Waals surface area contributed by atoms with Crippen LogP contribution in [0.15, 0.2) is 132 Å². The molecule has 41 heavy (non-hydrogen) atoms. The van der Waals surface area contributed by atoms with Gasteiger partial charge in [0.05, 0.1) is 0 Å². The molecule has 0 fully saturated rings. The van der Waals surface area contributed by atoms with Gasteiger partial charge in [0.1, 0.15) is 11.2 Å². The molecule has 0 saturated carbocycles. The van der Waals surface area contributed by atoms with E-state index in [1.165, 1.54) is 44.2 Å². The van der Waals surface area contributed by atoms with Gasteiger partial charge in [-0.15, -0.1) is 0 Å². The average Bonchev–Trinajstić information content (AvgIpc) is 3.51. The lowest BCUT2D eigenvalue weighted by molar-refractivity contribution is 0.653. The highest BCUT2D eigenvalue weighted by atomic mass is 16.3. The molecule has 1 heterocycles. The molecule has 1 aromatic heterocycles. The fourth-order valence-electron chi connectivity index (χ4n) is 6.80. The second-order valence-corrected chi connectivity index (χ2v) is 11.7. The van der Waals surface area contributed by atoms with Crippen molar-refractivity contribution in [2.24, 2.45) is 0 Å². The van der Waals surface area contributed by atoms with Gasteiger partial charge in [-0.2, -0.15) is 0 Å². The van der Waals surface area contributed by atoms with Crippen LogP contribution in [0.1, 0.15) is 43.4 Å². The smallest absolute Gasteiger partial charge is 0.143 e. The SMILES string of the molecule is CC1(C)c2cc(N(c3ccccc3)c3cccc(C4=CCCC=C4)c3)ccc2-c2c1ccc1c2oc2ccccc21. The Morgan fingerprint density at radius 3 is 2.32 bits per heavy atom. The fraction of sp³-hybridized carbons (Fsp3) is 0.128. The Balaban J connectivity index is 1.31. The molecule has 0 saturated heterocycles. The predicted octanol–water partition coefficient (Wildman–Crippen LogP) is 11.1. The van der Waals surface area contributed by atoms with Crippen LogP contribution in [-0.2, 0) is 5.41 Å². The van der Waals surface area contributed by atoms with Gasteiger partial charge in [-0.3, -0.25) is 0 Å². The second kappa shape index (κ2) is 9.11. The standard InChI is InChI=1S/C39H31NO/c1-39(2)34-23-22-32-31-18-9-10-19-36(31)41-38(32)37(34)33-21-20-30(25-35(33)39)40(28-15-7-4-8-16-28)29-17-11-14-27(24-29)26-12-5-3-6-13-26/h4-5,7-25H,3,6H2,1-2H3. The van der Waals surface area contributed by atoms with Crippen LogP contribution >= 0.6 is 0 Å². The van der Waals surface area contributed by atoms with Crippen molar-refractivity contribution in [1.29, 1.82) is 0 Å². The van der Waals surface area contributed by atoms with Gasteiger partial charge in [0.2, 0.25) is 0 Å². The monoisotopic (exact) mass is 529 g/mol. The minimum Gasteiger partial charge on any atom is -0.455 e. The Kier molecular flexibility index (Phi) is 5.33. The van der Waals surface area contributed by atoms with Gasteiger partial charge in [-0.1, -0.05) is 98.8 Å². The molecule has 0 bridgehead atoms. The van der Waals surface area contributed by atoms with Crippen LogP contribution in [-0.4, -0.2) is 0 Å². The van der Waals surface area contributed by atoms with E-state index in [1.54, 1.807) is 0 Å². The van der Waals surface area contributed by atoms with Crippen LogP contribution < -0.4 is 4.90 Å². The zero-order chi connectivity index (χ0) is 27.6. The minimum absolute atomic E-state index is 0.157. The van der Waals surface area contributed by atoms with Crippen molar-refractivity contribution in [3.05, 3.63) is 144 Å². The average molecular weight is 530 g/mol. The Hall–Kier alpha value is -4.82. The molecular weight excluding hydrogens is 498 g/mol. The minimum atomic E-state index is -0.157. The van der Waals surface area contributed by atoms with Crippen molar-refractivity contribution in [2.45, 2.75) is 32.1 Å². The van der Waals surface area contributed by atoms with E-state index < -0.39 is 0 Å². The van der Waals surface area contributed by atoms with Crippen LogP contribution in [0.5, 0.6) is 0 Å². The first-order chi connectivity index (χ1) is 20.1. The van der Waals surface area contributed by atoms with Crippen LogP contribution in [0.3, 0.4) is 0 Å². The molecule has 5 aromatic carbocycles. The molecule has 0 unspecified atom stereocenters. The van der Waals surface area contributed by atoms with E-state index in [9.17, 15) is 0 Å². The predicted molar refractivity (Wildman–Crippen MR) is 172 cm³/mol. The van der Waals surface area contributed by atoms with Gasteiger partial charge in [0.15, 0.2) is 0 Å². The molecule has 2 nitrogen and oxygen atoms in total. The molecule has 198 valence electrons. The van der Waals surface area contributed by atoms with E-state index in [0.717, 1.165) is 41.1 Å². The summed E-state index contributed by atoms with van der Waals surface area (Å²) in [6.07, 6.45) is 9.09. The Bertz CT molecular complexity index is 2020. The summed E-state index contributed by atoms with van der Waals surface area (Å²) in [6.45, 7) is 4.68. The van der Waals surface area contributed by atoms with E-state index in [0.29, 0.717) is 0 Å². The number of anilines is 3. The third-order valence-corrected chi connectivity index (χ3v) is 8.87. The maximum Gasteiger partial charge on any atom is 0.143 e. The number of furan rings is 1. The maximum atomic E-state index is 6.51. The number of hydrogen-bond donors (Lipinski definition) is 0. The summed E-state index contributed by atoms with van der Waals surface area (Å²) < 4.78 is 6.51. The van der Waals surface area contributed by atoms with Gasteiger partial charge in [0.25, 0.3) is 0 Å². The number of benzene rings is 5. The summed E-state index contributed by atoms with van der Waals surface area (Å²) in [5, 5.41) is 2.35. The number of para-hydroxylation sites is 2. The van der Waals surface area contributed by atoms with Crippen molar-refractivity contribution in [2.75, 3.05) is 4.90 Å². The highest BCUT2D eigenvalue weighted by molar-refractivity contribution is 6.11. The lowest BCUT2D eigenvalue weighted by atomic mass is 9.82. The molecule has 8 rings (SSSR count). The Morgan fingerprint density at radius 1 is 0.659 bits per heavy atom. The topological polar surface area (TPSA) is 16.4 Å². The zero-order valence-electron chi connectivity index (χ0n) is 23.4. The summed E-state index contributed by atoms with van der Waals surface area (Å²) in [5.74, 6) is 0. The van der Waals surface area contributed by atoms with Crippen LogP contribution in [0, 0.1) is 0 Å². The van der Waals surface area contributed by atoms with Crippen molar-refractivity contribution in [1.82, 2.24) is 0 Å². The first-order valence-corrected chi connectivity index (χ1v) is 14.5. The summed E-state index contributed by atoms with van der Waals surface area (Å²) in [6, 6.07) is 39.5. The second-order valence-electron chi connectivity index (χ2n) is 11.7. The molecule has 2 aliphatic rings. The quantitative estimate of drug-likeness (QED) is 0.226. The summed E-state index contributed by atoms with van der Waals surface area (Å²) in [4.78, 5) is 2.38. The van der Waals surface area contributed by atoms with Crippen LogP contribution in [0.4, 0.5) is 17.1 Å². The third kappa shape index (κ3) is 3.71. The molecule has 0 atom stereocenters. The summed E-state index contributed by atoms with van der Waals surface area (Å²) in [5.41, 5.74) is 12.9. The normalized spacial score (nSPS) is 15.1. The molecule has 0 N–H and O–H groups in total. The fourth-order valence-corrected chi connectivity index (χ4v) is 6.80. The third-order valence-electron chi connectivity index (χ3n) is 8.87. The van der Waals surface area contributed by atoms with E-state index in [4.69, 9.17) is 4.42 Å². The molecule has 2 aliphatic carbocycles. The van der Waals surface area contributed by atoms with Gasteiger partial charge >= 0.3 is 0 Å². The number of hydrogen-bond acceptors (Lipinski definition) is 2. The first kappa shape index (κ1) is 24.0. The van der Waals surface area contributed by atoms with Crippen molar-refractivity contribution in [3.63, 3.8) is 0 Å². The van der Waals surface area contributed by atoms with Gasteiger partial charge < -0.3 is 9.32 Å². The molecule has 2 heteroatoms. The number of nitrogens with zero attached hydrogens (tertiary/aromatic N) is 1. The molecule has 0 spiro atoms. The van der Waals surface area contributed by atoms with Gasteiger partial charge in [0, 0.05) is 38.8 Å². The highest BCUT2D eigenvalue weighted by Gasteiger charge is 2.38. The molecule has 0 radical (unpaired) electrons. The number of fused-ring (bicyclic) bond motifs is 7. The van der Waals surface area contributed by atoms with E-state index >= 15 is 0 Å². The van der Waals surface area contributed by atoms with Crippen molar-refractivity contribution < 1.29 is 4.42 Å². The lowest BCUT2D eigenvalue weighted by Gasteiger charge is -2.28. The first-order valence-electron chi connectivity index (χ1n) is 14.5.